The van der Waals surface area contributed by atoms with Crippen molar-refractivity contribution in [3.63, 3.8) is 0 Å². The quantitative estimate of drug-likeness (QED) is 0.417. The topological polar surface area (TPSA) is 93.7 Å². The van der Waals surface area contributed by atoms with Crippen LogP contribution in [0.2, 0.25) is 0 Å². The first-order valence-corrected chi connectivity index (χ1v) is 10.1. The van der Waals surface area contributed by atoms with Gasteiger partial charge in [0.1, 0.15) is 12.3 Å². The van der Waals surface area contributed by atoms with Crippen LogP contribution in [-0.2, 0) is 20.4 Å². The Kier molecular flexibility index (Phi) is 6.03. The smallest absolute Gasteiger partial charge is 0.409 e. The summed E-state index contributed by atoms with van der Waals surface area (Å²) in [7, 11) is -3.46. The molecule has 2 N–H and O–H groups in total. The molecule has 8 heteroatoms. The second-order valence-corrected chi connectivity index (χ2v) is 8.25. The number of rotatable bonds is 8. The van der Waals surface area contributed by atoms with Crippen molar-refractivity contribution in [2.45, 2.75) is 25.6 Å². The molecule has 0 aliphatic heterocycles. The fraction of sp³-hybridized carbons (Fsp3) is 0.412. The molecule has 2 amide bonds. The lowest BCUT2D eigenvalue weighted by Gasteiger charge is -2.22. The van der Waals surface area contributed by atoms with Crippen molar-refractivity contribution in [2.24, 2.45) is 5.92 Å². The molecule has 3 atom stereocenters. The zero-order valence-corrected chi connectivity index (χ0v) is 15.3. The Morgan fingerprint density at radius 2 is 2.04 bits per heavy atom. The van der Waals surface area contributed by atoms with E-state index in [4.69, 9.17) is 9.26 Å². The van der Waals surface area contributed by atoms with Crippen molar-refractivity contribution in [1.29, 1.82) is 0 Å². The maximum absolute atomic E-state index is 12.2. The van der Waals surface area contributed by atoms with Gasteiger partial charge in [-0.25, -0.2) is 4.79 Å². The number of amides is 2. The van der Waals surface area contributed by atoms with E-state index in [2.05, 4.69) is 17.2 Å². The zero-order chi connectivity index (χ0) is 18.5. The fourth-order valence-electron chi connectivity index (χ4n) is 2.43. The standard InChI is InChI=1S/C17H23N2O5P/c1-4-14-11-17(14,19-16(21)25(3,22)24-5-2)18-15(20)23-12-13-9-7-6-8-10-13/h4,6-10,14H,1,5,11-12H2,2-3H3,(H,18,20)(H,19,21). The Labute approximate surface area is 147 Å². The van der Waals surface area contributed by atoms with Gasteiger partial charge in [0.05, 0.1) is 6.61 Å². The van der Waals surface area contributed by atoms with Crippen molar-refractivity contribution in [2.75, 3.05) is 13.3 Å². The minimum atomic E-state index is -3.46. The average molecular weight is 366 g/mol. The molecule has 1 fully saturated rings. The Hall–Kier alpha value is -2.11. The van der Waals surface area contributed by atoms with Crippen LogP contribution in [-0.4, -0.2) is 30.7 Å². The fourth-order valence-corrected chi connectivity index (χ4v) is 3.44. The molecule has 0 aromatic heterocycles. The molecule has 3 unspecified atom stereocenters. The highest BCUT2D eigenvalue weighted by Gasteiger charge is 2.56. The van der Waals surface area contributed by atoms with Gasteiger partial charge in [0, 0.05) is 19.0 Å². The highest BCUT2D eigenvalue weighted by atomic mass is 31.2. The lowest BCUT2D eigenvalue weighted by Crippen LogP contribution is -2.51. The van der Waals surface area contributed by atoms with Crippen LogP contribution in [0.5, 0.6) is 0 Å². The molecule has 0 spiro atoms. The van der Waals surface area contributed by atoms with E-state index in [1.54, 1.807) is 13.0 Å². The Morgan fingerprint density at radius 1 is 1.36 bits per heavy atom. The number of nitrogens with one attached hydrogen (secondary N) is 2. The first kappa shape index (κ1) is 19.2. The van der Waals surface area contributed by atoms with E-state index in [0.29, 0.717) is 6.42 Å². The van der Waals surface area contributed by atoms with Gasteiger partial charge in [0.15, 0.2) is 0 Å². The SMILES string of the molecule is C=CC1CC1(NC(=O)OCc1ccccc1)NC(=O)P(C)(=O)OCC. The van der Waals surface area contributed by atoms with Gasteiger partial charge in [0.25, 0.3) is 7.37 Å². The first-order chi connectivity index (χ1) is 11.8. The van der Waals surface area contributed by atoms with Crippen LogP contribution in [0.3, 0.4) is 0 Å². The predicted octanol–water partition coefficient (Wildman–Crippen LogP) is 3.47. The van der Waals surface area contributed by atoms with Gasteiger partial charge in [-0.05, 0) is 12.5 Å². The molecule has 0 heterocycles. The summed E-state index contributed by atoms with van der Waals surface area (Å²) < 4.78 is 22.4. The molecule has 0 radical (unpaired) electrons. The van der Waals surface area contributed by atoms with E-state index < -0.39 is 24.8 Å². The van der Waals surface area contributed by atoms with Crippen LogP contribution in [0.4, 0.5) is 9.59 Å². The second kappa shape index (κ2) is 7.85. The van der Waals surface area contributed by atoms with Crippen LogP contribution in [0.25, 0.3) is 0 Å². The van der Waals surface area contributed by atoms with Gasteiger partial charge in [-0.15, -0.1) is 6.58 Å². The van der Waals surface area contributed by atoms with Crippen molar-refractivity contribution in [3.8, 4) is 0 Å². The maximum Gasteiger partial charge on any atom is 0.409 e. The summed E-state index contributed by atoms with van der Waals surface area (Å²) in [6.45, 7) is 6.85. The highest BCUT2D eigenvalue weighted by Crippen LogP contribution is 2.48. The van der Waals surface area contributed by atoms with Gasteiger partial charge in [-0.1, -0.05) is 36.4 Å². The van der Waals surface area contributed by atoms with Crippen LogP contribution in [0.15, 0.2) is 43.0 Å². The van der Waals surface area contributed by atoms with Crippen molar-refractivity contribution < 1.29 is 23.4 Å². The number of ether oxygens (including phenoxy) is 1. The summed E-state index contributed by atoms with van der Waals surface area (Å²) in [5, 5.41) is 5.26. The van der Waals surface area contributed by atoms with E-state index in [1.807, 2.05) is 30.3 Å². The number of hydrogen-bond donors (Lipinski definition) is 2. The van der Waals surface area contributed by atoms with Crippen LogP contribution in [0, 0.1) is 5.92 Å². The minimum absolute atomic E-state index is 0.112. The summed E-state index contributed by atoms with van der Waals surface area (Å²) in [4.78, 5) is 24.3. The number of carbonyl (C=O) groups is 2. The molecule has 1 aliphatic rings. The van der Waals surface area contributed by atoms with E-state index in [0.717, 1.165) is 5.56 Å². The predicted molar refractivity (Wildman–Crippen MR) is 94.5 cm³/mol. The molecule has 1 aliphatic carbocycles. The minimum Gasteiger partial charge on any atom is -0.445 e. The summed E-state index contributed by atoms with van der Waals surface area (Å²) in [6.07, 6.45) is 1.41. The maximum atomic E-state index is 12.2. The molecule has 25 heavy (non-hydrogen) atoms. The first-order valence-electron chi connectivity index (χ1n) is 7.99. The van der Waals surface area contributed by atoms with Gasteiger partial charge in [-0.3, -0.25) is 14.7 Å². The highest BCUT2D eigenvalue weighted by molar-refractivity contribution is 7.75. The largest absolute Gasteiger partial charge is 0.445 e. The monoisotopic (exact) mass is 366 g/mol. The molecule has 7 nitrogen and oxygen atoms in total. The molecule has 1 aromatic carbocycles. The van der Waals surface area contributed by atoms with Crippen LogP contribution < -0.4 is 10.6 Å². The third kappa shape index (κ3) is 4.94. The molecular weight excluding hydrogens is 343 g/mol. The average Bonchev–Trinajstić information content (AvgIpc) is 3.26. The van der Waals surface area contributed by atoms with E-state index in [9.17, 15) is 14.2 Å². The normalized spacial score (nSPS) is 23.8. The van der Waals surface area contributed by atoms with Crippen LogP contribution >= 0.6 is 7.37 Å². The summed E-state index contributed by atoms with van der Waals surface area (Å²) in [5.41, 5.74) is -0.918. The van der Waals surface area contributed by atoms with Crippen molar-refractivity contribution >= 4 is 19.1 Å². The van der Waals surface area contributed by atoms with Gasteiger partial charge < -0.3 is 14.6 Å². The number of hydrogen-bond acceptors (Lipinski definition) is 5. The van der Waals surface area contributed by atoms with Gasteiger partial charge in [0.2, 0.25) is 0 Å². The van der Waals surface area contributed by atoms with Crippen molar-refractivity contribution in [3.05, 3.63) is 48.6 Å². The number of alkyl carbamates (subject to hydrolysis) is 1. The molecule has 1 aromatic rings. The van der Waals surface area contributed by atoms with Crippen LogP contribution in [0.1, 0.15) is 18.9 Å². The van der Waals surface area contributed by atoms with E-state index in [1.165, 1.54) is 6.66 Å². The lowest BCUT2D eigenvalue weighted by atomic mass is 10.2. The van der Waals surface area contributed by atoms with Gasteiger partial charge in [-0.2, -0.15) is 0 Å². The third-order valence-corrected chi connectivity index (χ3v) is 5.51. The summed E-state index contributed by atoms with van der Waals surface area (Å²) in [5.74, 6) is -0.164. The molecule has 1 saturated carbocycles. The number of benzene rings is 1. The lowest BCUT2D eigenvalue weighted by molar-refractivity contribution is 0.132. The Balaban J connectivity index is 1.96. The molecule has 136 valence electrons. The van der Waals surface area contributed by atoms with Crippen molar-refractivity contribution in [1.82, 2.24) is 10.6 Å². The van der Waals surface area contributed by atoms with E-state index >= 15 is 0 Å². The van der Waals surface area contributed by atoms with Gasteiger partial charge >= 0.3 is 11.7 Å². The zero-order valence-electron chi connectivity index (χ0n) is 14.4. The molecule has 2 rings (SSSR count). The molecule has 0 bridgehead atoms. The Bertz CT molecular complexity index is 694. The third-order valence-electron chi connectivity index (χ3n) is 3.91. The number of carbonyl (C=O) groups excluding carboxylic acids is 2. The molecule has 0 saturated heterocycles. The summed E-state index contributed by atoms with van der Waals surface area (Å²) in [6, 6.07) is 9.24. The van der Waals surface area contributed by atoms with E-state index in [-0.39, 0.29) is 19.1 Å². The molecular formula is C17H23N2O5P. The summed E-state index contributed by atoms with van der Waals surface area (Å²) >= 11 is 0. The Morgan fingerprint density at radius 3 is 2.60 bits per heavy atom. The second-order valence-electron chi connectivity index (χ2n) is 5.90.